The molecule has 11 nitrogen and oxygen atoms in total. The summed E-state index contributed by atoms with van der Waals surface area (Å²) < 4.78 is 26.2. The van der Waals surface area contributed by atoms with Crippen molar-refractivity contribution in [2.75, 3.05) is 13.7 Å². The number of methoxy groups -OCH3 is 1. The van der Waals surface area contributed by atoms with Crippen molar-refractivity contribution in [2.24, 2.45) is 0 Å². The van der Waals surface area contributed by atoms with E-state index in [0.717, 1.165) is 0 Å². The molecule has 1 fully saturated rings. The number of H-pyrrole nitrogens is 1. The van der Waals surface area contributed by atoms with Crippen molar-refractivity contribution in [1.82, 2.24) is 14.1 Å². The van der Waals surface area contributed by atoms with Crippen LogP contribution in [0.25, 0.3) is 11.3 Å². The van der Waals surface area contributed by atoms with Gasteiger partial charge >= 0.3 is 11.8 Å². The fourth-order valence-corrected chi connectivity index (χ4v) is 5.24. The molecule has 1 aliphatic heterocycles. The molecular formula is C25H39N3O8Si. The Bertz CT molecular complexity index is 1230. The Morgan fingerprint density at radius 1 is 1.16 bits per heavy atom. The molecule has 0 unspecified atom stereocenters. The summed E-state index contributed by atoms with van der Waals surface area (Å²) in [5.41, 5.74) is -1.84. The second kappa shape index (κ2) is 10.3. The molecule has 0 aliphatic carbocycles. The Morgan fingerprint density at radius 2 is 1.81 bits per heavy atom. The Labute approximate surface area is 217 Å². The molecule has 4 atom stereocenters. The van der Waals surface area contributed by atoms with Crippen LogP contribution in [-0.4, -0.2) is 71.3 Å². The third-order valence-corrected chi connectivity index (χ3v) is 11.3. The van der Waals surface area contributed by atoms with Gasteiger partial charge in [0.15, 0.2) is 14.5 Å². The normalized spacial score (nSPS) is 22.9. The van der Waals surface area contributed by atoms with Gasteiger partial charge in [-0.3, -0.25) is 18.9 Å². The summed E-state index contributed by atoms with van der Waals surface area (Å²) in [4.78, 5) is 40.8. The summed E-state index contributed by atoms with van der Waals surface area (Å²) in [6.07, 6.45) is -1.000. The molecule has 0 amide bonds. The fraction of sp³-hybridized carbons (Fsp3) is 0.640. The van der Waals surface area contributed by atoms with Crippen molar-refractivity contribution >= 4 is 14.4 Å². The topological polar surface area (TPSA) is 134 Å². The number of nitrogens with zero attached hydrogens (tertiary/aromatic N) is 2. The lowest BCUT2D eigenvalue weighted by Crippen LogP contribution is -2.50. The van der Waals surface area contributed by atoms with Crippen LogP contribution in [0.1, 0.15) is 47.8 Å². The van der Waals surface area contributed by atoms with Crippen LogP contribution >= 0.6 is 0 Å². The molecule has 206 valence electrons. The zero-order chi connectivity index (χ0) is 27.9. The lowest BCUT2D eigenvalue weighted by Gasteiger charge is -2.40. The van der Waals surface area contributed by atoms with Gasteiger partial charge in [-0.2, -0.15) is 0 Å². The minimum Gasteiger partial charge on any atom is -0.443 e. The number of hydrogen-bond donors (Lipinski definition) is 2. The molecular weight excluding hydrogens is 498 g/mol. The van der Waals surface area contributed by atoms with Gasteiger partial charge < -0.3 is 23.7 Å². The predicted molar refractivity (Wildman–Crippen MR) is 140 cm³/mol. The Morgan fingerprint density at radius 3 is 2.35 bits per heavy atom. The molecule has 0 spiro atoms. The average Bonchev–Trinajstić information content (AvgIpc) is 3.36. The van der Waals surface area contributed by atoms with E-state index >= 15 is 0 Å². The van der Waals surface area contributed by atoms with Crippen molar-refractivity contribution in [3.05, 3.63) is 45.4 Å². The van der Waals surface area contributed by atoms with Crippen molar-refractivity contribution in [2.45, 2.75) is 89.8 Å². The maximum Gasteiger partial charge on any atom is 0.418 e. The molecule has 12 heteroatoms. The average molecular weight is 538 g/mol. The van der Waals surface area contributed by atoms with Gasteiger partial charge in [-0.15, -0.1) is 0 Å². The van der Waals surface area contributed by atoms with Crippen LogP contribution in [0.3, 0.4) is 0 Å². The highest BCUT2D eigenvalue weighted by molar-refractivity contribution is 6.74. The molecule has 0 bridgehead atoms. The quantitative estimate of drug-likeness (QED) is 0.537. The molecule has 1 saturated heterocycles. The number of carbonyl (C=O) groups excluding carboxylic acids is 1. The lowest BCUT2D eigenvalue weighted by molar-refractivity contribution is -0.0624. The highest BCUT2D eigenvalue weighted by atomic mass is 28.4. The van der Waals surface area contributed by atoms with Gasteiger partial charge in [0.2, 0.25) is 0 Å². The zero-order valence-corrected chi connectivity index (χ0v) is 24.0. The van der Waals surface area contributed by atoms with Gasteiger partial charge in [0.25, 0.3) is 5.56 Å². The molecule has 3 rings (SSSR count). The molecule has 2 aromatic rings. The van der Waals surface area contributed by atoms with Crippen molar-refractivity contribution < 1.29 is 28.5 Å². The number of aromatic amines is 1. The SMILES string of the molecule is CO[C@@H]1[C@H](O[Si](C)(C)C(C)(C)C)[C@@H](CO)O[C@H]1n1cc(-c2cccn2C(=O)OC(C)(C)C)c(=O)[nH]c1=O. The van der Waals surface area contributed by atoms with Crippen LogP contribution in [0, 0.1) is 0 Å². The molecule has 0 saturated carbocycles. The smallest absolute Gasteiger partial charge is 0.418 e. The second-order valence-corrected chi connectivity index (χ2v) is 16.5. The van der Waals surface area contributed by atoms with Gasteiger partial charge in [-0.1, -0.05) is 20.8 Å². The van der Waals surface area contributed by atoms with E-state index in [1.54, 1.807) is 32.9 Å². The first-order valence-corrected chi connectivity index (χ1v) is 15.1. The Balaban J connectivity index is 2.05. The van der Waals surface area contributed by atoms with E-state index in [-0.39, 0.29) is 22.9 Å². The third-order valence-electron chi connectivity index (χ3n) is 6.83. The second-order valence-electron chi connectivity index (χ2n) is 11.7. The highest BCUT2D eigenvalue weighted by Crippen LogP contribution is 2.41. The van der Waals surface area contributed by atoms with E-state index in [9.17, 15) is 19.5 Å². The summed E-state index contributed by atoms with van der Waals surface area (Å²) in [6, 6.07) is 3.18. The predicted octanol–water partition coefficient (Wildman–Crippen LogP) is 3.08. The first-order chi connectivity index (χ1) is 17.0. The number of hydrogen-bond acceptors (Lipinski definition) is 8. The number of carbonyl (C=O) groups is 1. The van der Waals surface area contributed by atoms with E-state index in [4.69, 9.17) is 18.6 Å². The molecule has 0 aromatic carbocycles. The van der Waals surface area contributed by atoms with Crippen LogP contribution in [0.15, 0.2) is 34.1 Å². The minimum absolute atomic E-state index is 0.0585. The molecule has 0 radical (unpaired) electrons. The first-order valence-electron chi connectivity index (χ1n) is 12.2. The summed E-state index contributed by atoms with van der Waals surface area (Å²) in [6.45, 7) is 15.3. The van der Waals surface area contributed by atoms with Crippen LogP contribution in [-0.2, 0) is 18.6 Å². The number of aliphatic hydroxyl groups excluding tert-OH is 1. The Hall–Kier alpha value is -2.51. The highest BCUT2D eigenvalue weighted by Gasteiger charge is 2.51. The van der Waals surface area contributed by atoms with Crippen molar-refractivity contribution in [3.8, 4) is 11.3 Å². The maximum atomic E-state index is 12.9. The summed E-state index contributed by atoms with van der Waals surface area (Å²) >= 11 is 0. The van der Waals surface area contributed by atoms with E-state index in [0.29, 0.717) is 0 Å². The van der Waals surface area contributed by atoms with Crippen molar-refractivity contribution in [3.63, 3.8) is 0 Å². The number of aliphatic hydroxyl groups is 1. The standard InChI is InChI=1S/C25H39N3O8Si/c1-24(2,3)35-23(32)27-12-10-11-16(27)15-13-28(22(31)26-20(15)30)21-19(33-7)18(17(14-29)34-21)36-37(8,9)25(4,5)6/h10-13,17-19,21,29H,14H2,1-9H3,(H,26,30,31)/t17-,18-,19-,21-/m1/s1. The van der Waals surface area contributed by atoms with Gasteiger partial charge in [-0.25, -0.2) is 9.59 Å². The van der Waals surface area contributed by atoms with Crippen LogP contribution in [0.2, 0.25) is 18.1 Å². The van der Waals surface area contributed by atoms with E-state index in [1.807, 2.05) is 0 Å². The van der Waals surface area contributed by atoms with Crippen LogP contribution in [0.5, 0.6) is 0 Å². The largest absolute Gasteiger partial charge is 0.443 e. The number of rotatable bonds is 6. The first kappa shape index (κ1) is 29.0. The summed E-state index contributed by atoms with van der Waals surface area (Å²) in [5, 5.41) is 9.96. The molecule has 3 heterocycles. The molecule has 2 aromatic heterocycles. The van der Waals surface area contributed by atoms with E-state index in [1.165, 1.54) is 28.6 Å². The third kappa shape index (κ3) is 5.98. The van der Waals surface area contributed by atoms with Crippen LogP contribution < -0.4 is 11.2 Å². The minimum atomic E-state index is -2.30. The van der Waals surface area contributed by atoms with Crippen molar-refractivity contribution in [1.29, 1.82) is 0 Å². The molecule has 1 aliphatic rings. The molecule has 37 heavy (non-hydrogen) atoms. The van der Waals surface area contributed by atoms with Gasteiger partial charge in [0, 0.05) is 19.5 Å². The lowest BCUT2D eigenvalue weighted by atomic mass is 10.1. The van der Waals surface area contributed by atoms with Gasteiger partial charge in [0.05, 0.1) is 17.9 Å². The monoisotopic (exact) mass is 537 g/mol. The molecule has 2 N–H and O–H groups in total. The van der Waals surface area contributed by atoms with Gasteiger partial charge in [-0.05, 0) is 51.0 Å². The zero-order valence-electron chi connectivity index (χ0n) is 23.0. The number of nitrogens with one attached hydrogen (secondary N) is 1. The summed E-state index contributed by atoms with van der Waals surface area (Å²) in [7, 11) is -0.824. The fourth-order valence-electron chi connectivity index (χ4n) is 3.92. The summed E-state index contributed by atoms with van der Waals surface area (Å²) in [5.74, 6) is 0. The Kier molecular flexibility index (Phi) is 8.11. The van der Waals surface area contributed by atoms with E-state index < -0.39 is 55.8 Å². The van der Waals surface area contributed by atoms with Gasteiger partial charge in [0.1, 0.15) is 23.9 Å². The number of ether oxygens (including phenoxy) is 3. The van der Waals surface area contributed by atoms with Crippen LogP contribution in [0.4, 0.5) is 4.79 Å². The number of aromatic nitrogens is 3. The van der Waals surface area contributed by atoms with E-state index in [2.05, 4.69) is 38.8 Å². The maximum absolute atomic E-state index is 12.9.